The number of carbonyl (C=O) groups excluding carboxylic acids is 3. The molecular formula is C18H17N3O3. The first-order valence-electron chi connectivity index (χ1n) is 7.60. The number of benzene rings is 2. The molecule has 0 unspecified atom stereocenters. The van der Waals surface area contributed by atoms with Gasteiger partial charge in [-0.1, -0.05) is 29.8 Å². The van der Waals surface area contributed by atoms with Gasteiger partial charge in [0.05, 0.1) is 17.7 Å². The molecule has 0 spiro atoms. The standard InChI is InChI=1S/C18H17N3O3/c1-11-6-8-12(9-7-11)19-16(22)10-15-18(24)20-14-5-3-2-4-13(14)17(23)21-15/h2-9,15H,10H2,1H3,(H,19,22)(H,20,24)(H,21,23)/t15-/m0/s1. The molecule has 3 N–H and O–H groups in total. The quantitative estimate of drug-likeness (QED) is 0.808. The number of carbonyl (C=O) groups is 3. The Morgan fingerprint density at radius 1 is 1.08 bits per heavy atom. The van der Waals surface area contributed by atoms with Crippen LogP contribution in [0.2, 0.25) is 0 Å². The lowest BCUT2D eigenvalue weighted by Gasteiger charge is -2.14. The molecule has 122 valence electrons. The summed E-state index contributed by atoms with van der Waals surface area (Å²) in [5.41, 5.74) is 2.56. The lowest BCUT2D eigenvalue weighted by molar-refractivity contribution is -0.122. The SMILES string of the molecule is Cc1ccc(NC(=O)C[C@@H]2NC(=O)c3ccccc3NC2=O)cc1. The number of rotatable bonds is 3. The lowest BCUT2D eigenvalue weighted by atomic mass is 10.1. The first kappa shape index (κ1) is 15.7. The van der Waals surface area contributed by atoms with E-state index >= 15 is 0 Å². The van der Waals surface area contributed by atoms with Crippen molar-refractivity contribution in [2.24, 2.45) is 0 Å². The lowest BCUT2D eigenvalue weighted by Crippen LogP contribution is -2.43. The minimum absolute atomic E-state index is 0.139. The largest absolute Gasteiger partial charge is 0.340 e. The second-order valence-corrected chi connectivity index (χ2v) is 5.68. The van der Waals surface area contributed by atoms with Crippen LogP contribution in [-0.4, -0.2) is 23.8 Å². The van der Waals surface area contributed by atoms with Crippen molar-refractivity contribution in [2.75, 3.05) is 10.6 Å². The molecule has 0 radical (unpaired) electrons. The summed E-state index contributed by atoms with van der Waals surface area (Å²) >= 11 is 0. The van der Waals surface area contributed by atoms with E-state index in [0.29, 0.717) is 16.9 Å². The maximum absolute atomic E-state index is 12.2. The Hall–Kier alpha value is -3.15. The van der Waals surface area contributed by atoms with Crippen LogP contribution in [0.5, 0.6) is 0 Å². The van der Waals surface area contributed by atoms with Gasteiger partial charge in [-0.25, -0.2) is 0 Å². The van der Waals surface area contributed by atoms with Crippen LogP contribution in [0, 0.1) is 6.92 Å². The van der Waals surface area contributed by atoms with E-state index < -0.39 is 11.9 Å². The predicted molar refractivity (Wildman–Crippen MR) is 90.8 cm³/mol. The Morgan fingerprint density at radius 3 is 2.54 bits per heavy atom. The fourth-order valence-corrected chi connectivity index (χ4v) is 2.49. The molecule has 6 heteroatoms. The van der Waals surface area contributed by atoms with Gasteiger partial charge in [0.15, 0.2) is 0 Å². The number of para-hydroxylation sites is 1. The number of fused-ring (bicyclic) bond motifs is 1. The summed E-state index contributed by atoms with van der Waals surface area (Å²) in [7, 11) is 0. The van der Waals surface area contributed by atoms with E-state index in [4.69, 9.17) is 0 Å². The number of hydrogen-bond acceptors (Lipinski definition) is 3. The van der Waals surface area contributed by atoms with Crippen LogP contribution >= 0.6 is 0 Å². The van der Waals surface area contributed by atoms with Crippen molar-refractivity contribution < 1.29 is 14.4 Å². The second-order valence-electron chi connectivity index (χ2n) is 5.68. The van der Waals surface area contributed by atoms with Gasteiger partial charge in [-0.05, 0) is 31.2 Å². The zero-order valence-corrected chi connectivity index (χ0v) is 13.1. The molecule has 1 aliphatic rings. The molecule has 2 aromatic carbocycles. The van der Waals surface area contributed by atoms with Gasteiger partial charge in [-0.3, -0.25) is 14.4 Å². The van der Waals surface area contributed by atoms with E-state index in [1.165, 1.54) is 0 Å². The molecule has 3 rings (SSSR count). The Balaban J connectivity index is 1.69. The van der Waals surface area contributed by atoms with Crippen LogP contribution in [0.4, 0.5) is 11.4 Å². The van der Waals surface area contributed by atoms with Crippen molar-refractivity contribution in [1.29, 1.82) is 0 Å². The molecule has 0 aromatic heterocycles. The third kappa shape index (κ3) is 3.43. The average molecular weight is 323 g/mol. The number of nitrogens with one attached hydrogen (secondary N) is 3. The molecule has 0 aliphatic carbocycles. The monoisotopic (exact) mass is 323 g/mol. The van der Waals surface area contributed by atoms with Crippen LogP contribution in [-0.2, 0) is 9.59 Å². The highest BCUT2D eigenvalue weighted by Gasteiger charge is 2.29. The third-order valence-corrected chi connectivity index (χ3v) is 3.78. The van der Waals surface area contributed by atoms with Gasteiger partial charge in [0.2, 0.25) is 11.8 Å². The number of aryl methyl sites for hydroxylation is 1. The summed E-state index contributed by atoms with van der Waals surface area (Å²) in [6, 6.07) is 13.1. The number of anilines is 2. The first-order chi connectivity index (χ1) is 11.5. The van der Waals surface area contributed by atoms with Gasteiger partial charge in [0.25, 0.3) is 5.91 Å². The van der Waals surface area contributed by atoms with Gasteiger partial charge in [0.1, 0.15) is 6.04 Å². The van der Waals surface area contributed by atoms with E-state index in [1.807, 2.05) is 19.1 Å². The minimum atomic E-state index is -0.921. The van der Waals surface area contributed by atoms with Gasteiger partial charge >= 0.3 is 0 Å². The van der Waals surface area contributed by atoms with E-state index in [-0.39, 0.29) is 18.2 Å². The highest BCUT2D eigenvalue weighted by Crippen LogP contribution is 2.19. The second kappa shape index (κ2) is 6.54. The van der Waals surface area contributed by atoms with Crippen LogP contribution in [0.15, 0.2) is 48.5 Å². The Labute approximate surface area is 139 Å². The van der Waals surface area contributed by atoms with E-state index in [1.54, 1.807) is 36.4 Å². The molecule has 6 nitrogen and oxygen atoms in total. The highest BCUT2D eigenvalue weighted by atomic mass is 16.2. The average Bonchev–Trinajstić information content (AvgIpc) is 2.67. The predicted octanol–water partition coefficient (Wildman–Crippen LogP) is 2.07. The Bertz CT molecular complexity index is 799. The fourth-order valence-electron chi connectivity index (χ4n) is 2.49. The normalized spacial score (nSPS) is 16.5. The molecule has 2 aromatic rings. The number of amides is 3. The van der Waals surface area contributed by atoms with Crippen LogP contribution in [0.3, 0.4) is 0 Å². The Kier molecular flexibility index (Phi) is 4.29. The van der Waals surface area contributed by atoms with Gasteiger partial charge in [-0.15, -0.1) is 0 Å². The van der Waals surface area contributed by atoms with Crippen molar-refractivity contribution in [3.63, 3.8) is 0 Å². The molecule has 0 bridgehead atoms. The van der Waals surface area contributed by atoms with Crippen LogP contribution in [0.25, 0.3) is 0 Å². The van der Waals surface area contributed by atoms with Crippen molar-refractivity contribution in [3.05, 3.63) is 59.7 Å². The maximum atomic E-state index is 12.2. The van der Waals surface area contributed by atoms with E-state index in [2.05, 4.69) is 16.0 Å². The van der Waals surface area contributed by atoms with Crippen LogP contribution < -0.4 is 16.0 Å². The van der Waals surface area contributed by atoms with Crippen molar-refractivity contribution in [1.82, 2.24) is 5.32 Å². The van der Waals surface area contributed by atoms with Crippen molar-refractivity contribution >= 4 is 29.1 Å². The summed E-state index contributed by atoms with van der Waals surface area (Å²) in [6.07, 6.45) is -0.139. The minimum Gasteiger partial charge on any atom is -0.340 e. The molecule has 1 atom stereocenters. The molecule has 1 heterocycles. The molecule has 0 fully saturated rings. The number of hydrogen-bond donors (Lipinski definition) is 3. The summed E-state index contributed by atoms with van der Waals surface area (Å²) in [6.45, 7) is 1.95. The molecule has 0 saturated heterocycles. The van der Waals surface area contributed by atoms with Crippen LogP contribution in [0.1, 0.15) is 22.3 Å². The maximum Gasteiger partial charge on any atom is 0.254 e. The topological polar surface area (TPSA) is 87.3 Å². The zero-order valence-electron chi connectivity index (χ0n) is 13.1. The zero-order chi connectivity index (χ0) is 17.1. The first-order valence-corrected chi connectivity index (χ1v) is 7.60. The van der Waals surface area contributed by atoms with Gasteiger partial charge in [0, 0.05) is 5.69 Å². The van der Waals surface area contributed by atoms with Crippen molar-refractivity contribution in [3.8, 4) is 0 Å². The van der Waals surface area contributed by atoms with E-state index in [9.17, 15) is 14.4 Å². The van der Waals surface area contributed by atoms with E-state index in [0.717, 1.165) is 5.56 Å². The highest BCUT2D eigenvalue weighted by molar-refractivity contribution is 6.11. The summed E-state index contributed by atoms with van der Waals surface area (Å²) < 4.78 is 0. The smallest absolute Gasteiger partial charge is 0.254 e. The molecule has 24 heavy (non-hydrogen) atoms. The summed E-state index contributed by atoms with van der Waals surface area (Å²) in [5, 5.41) is 8.00. The molecule has 3 amide bonds. The Morgan fingerprint density at radius 2 is 1.79 bits per heavy atom. The van der Waals surface area contributed by atoms with Gasteiger partial charge in [-0.2, -0.15) is 0 Å². The summed E-state index contributed by atoms with van der Waals surface area (Å²) in [5.74, 6) is -1.13. The van der Waals surface area contributed by atoms with Crippen molar-refractivity contribution in [2.45, 2.75) is 19.4 Å². The third-order valence-electron chi connectivity index (χ3n) is 3.78. The fraction of sp³-hybridized carbons (Fsp3) is 0.167. The molecule has 1 aliphatic heterocycles. The molecular weight excluding hydrogens is 306 g/mol. The van der Waals surface area contributed by atoms with Gasteiger partial charge < -0.3 is 16.0 Å². The molecule has 0 saturated carbocycles. The summed E-state index contributed by atoms with van der Waals surface area (Å²) in [4.78, 5) is 36.6.